The minimum atomic E-state index is -0.197. The van der Waals surface area contributed by atoms with Crippen LogP contribution in [0.25, 0.3) is 0 Å². The van der Waals surface area contributed by atoms with Crippen molar-refractivity contribution in [3.8, 4) is 0 Å². The fourth-order valence-electron chi connectivity index (χ4n) is 2.49. The van der Waals surface area contributed by atoms with Gasteiger partial charge < -0.3 is 20.4 Å². The van der Waals surface area contributed by atoms with Crippen LogP contribution in [-0.2, 0) is 0 Å². The fourth-order valence-corrected chi connectivity index (χ4v) is 2.49. The molecule has 0 atom stereocenters. The van der Waals surface area contributed by atoms with Crippen LogP contribution >= 0.6 is 24.0 Å². The number of hydrogen-bond acceptors (Lipinski definition) is 3. The number of hydrogen-bond donors (Lipinski definition) is 3. The number of carbonyl (C=O) groups excluding carboxylic acids is 1. The summed E-state index contributed by atoms with van der Waals surface area (Å²) in [7, 11) is 1.76. The lowest BCUT2D eigenvalue weighted by molar-refractivity contribution is 0.0926. The van der Waals surface area contributed by atoms with E-state index in [-0.39, 0.29) is 29.9 Å². The van der Waals surface area contributed by atoms with Gasteiger partial charge in [-0.1, -0.05) is 19.3 Å². The third-order valence-corrected chi connectivity index (χ3v) is 3.62. The van der Waals surface area contributed by atoms with Crippen LogP contribution in [0.4, 0.5) is 0 Å². The molecule has 0 saturated heterocycles. The summed E-state index contributed by atoms with van der Waals surface area (Å²) in [4.78, 5) is 15.9. The van der Waals surface area contributed by atoms with Crippen molar-refractivity contribution in [1.29, 1.82) is 0 Å². The Kier molecular flexibility index (Phi) is 8.95. The van der Waals surface area contributed by atoms with E-state index in [0.717, 1.165) is 5.96 Å². The number of amides is 1. The summed E-state index contributed by atoms with van der Waals surface area (Å²) in [5, 5.41) is 9.43. The Balaban J connectivity index is 0.00000242. The summed E-state index contributed by atoms with van der Waals surface area (Å²) >= 11 is 0. The molecular formula is C15H25IN4O2. The number of carbonyl (C=O) groups is 1. The summed E-state index contributed by atoms with van der Waals surface area (Å²) in [6.45, 7) is 1.14. The number of nitrogens with zero attached hydrogens (tertiary/aromatic N) is 1. The van der Waals surface area contributed by atoms with Gasteiger partial charge in [0.2, 0.25) is 0 Å². The SMILES string of the molecule is CN=C(NCCNC(=O)c1ccco1)NC1CCCCC1.I. The molecule has 1 aromatic rings. The van der Waals surface area contributed by atoms with Crippen LogP contribution in [0.2, 0.25) is 0 Å². The molecule has 1 saturated carbocycles. The molecule has 0 unspecified atom stereocenters. The van der Waals surface area contributed by atoms with Crippen LogP contribution in [0.3, 0.4) is 0 Å². The van der Waals surface area contributed by atoms with Crippen molar-refractivity contribution in [3.63, 3.8) is 0 Å². The van der Waals surface area contributed by atoms with Gasteiger partial charge in [0.05, 0.1) is 6.26 Å². The lowest BCUT2D eigenvalue weighted by atomic mass is 9.96. The molecule has 0 aliphatic heterocycles. The van der Waals surface area contributed by atoms with Gasteiger partial charge in [-0.2, -0.15) is 0 Å². The van der Waals surface area contributed by atoms with Gasteiger partial charge in [0, 0.05) is 26.2 Å². The highest BCUT2D eigenvalue weighted by molar-refractivity contribution is 14.0. The maximum atomic E-state index is 11.7. The zero-order chi connectivity index (χ0) is 14.9. The molecule has 1 heterocycles. The molecule has 7 heteroatoms. The first-order chi connectivity index (χ1) is 10.3. The highest BCUT2D eigenvalue weighted by atomic mass is 127. The van der Waals surface area contributed by atoms with E-state index in [2.05, 4.69) is 20.9 Å². The number of guanidine groups is 1. The lowest BCUT2D eigenvalue weighted by Gasteiger charge is -2.24. The second-order valence-electron chi connectivity index (χ2n) is 5.21. The maximum absolute atomic E-state index is 11.7. The van der Waals surface area contributed by atoms with Crippen molar-refractivity contribution < 1.29 is 9.21 Å². The molecule has 1 aliphatic rings. The standard InChI is InChI=1S/C15H24N4O2.HI/c1-16-15(19-12-6-3-2-4-7-12)18-10-9-17-14(20)13-8-5-11-21-13;/h5,8,11-12H,2-4,6-7,9-10H2,1H3,(H,17,20)(H2,16,18,19);1H. The number of aliphatic imine (C=N–C) groups is 1. The van der Waals surface area contributed by atoms with Gasteiger partial charge in [-0.3, -0.25) is 9.79 Å². The van der Waals surface area contributed by atoms with Crippen molar-refractivity contribution >= 4 is 35.8 Å². The van der Waals surface area contributed by atoms with Gasteiger partial charge in [0.1, 0.15) is 0 Å². The molecule has 2 rings (SSSR count). The summed E-state index contributed by atoms with van der Waals surface area (Å²) < 4.78 is 5.03. The Labute approximate surface area is 148 Å². The first kappa shape index (κ1) is 18.8. The van der Waals surface area contributed by atoms with Crippen molar-refractivity contribution in [2.45, 2.75) is 38.1 Å². The summed E-state index contributed by atoms with van der Waals surface area (Å²) in [5.41, 5.74) is 0. The number of nitrogens with one attached hydrogen (secondary N) is 3. The third-order valence-electron chi connectivity index (χ3n) is 3.62. The first-order valence-electron chi connectivity index (χ1n) is 7.58. The Morgan fingerprint density at radius 2 is 2.00 bits per heavy atom. The molecule has 1 aliphatic carbocycles. The number of rotatable bonds is 5. The molecule has 1 fully saturated rings. The summed E-state index contributed by atoms with van der Waals surface area (Å²) in [6.07, 6.45) is 7.81. The topological polar surface area (TPSA) is 78.7 Å². The molecule has 3 N–H and O–H groups in total. The Bertz CT molecular complexity index is 456. The molecule has 0 radical (unpaired) electrons. The molecule has 0 spiro atoms. The highest BCUT2D eigenvalue weighted by Crippen LogP contribution is 2.17. The maximum Gasteiger partial charge on any atom is 0.287 e. The average molecular weight is 420 g/mol. The van der Waals surface area contributed by atoms with Crippen molar-refractivity contribution in [1.82, 2.24) is 16.0 Å². The molecule has 1 amide bonds. The molecule has 22 heavy (non-hydrogen) atoms. The minimum Gasteiger partial charge on any atom is -0.459 e. The zero-order valence-corrected chi connectivity index (χ0v) is 15.3. The Morgan fingerprint density at radius 3 is 2.64 bits per heavy atom. The predicted octanol–water partition coefficient (Wildman–Crippen LogP) is 2.13. The van der Waals surface area contributed by atoms with Crippen LogP contribution in [0, 0.1) is 0 Å². The van der Waals surface area contributed by atoms with Gasteiger partial charge in [0.25, 0.3) is 5.91 Å². The molecule has 1 aromatic heterocycles. The molecule has 6 nitrogen and oxygen atoms in total. The van der Waals surface area contributed by atoms with Crippen LogP contribution in [-0.4, -0.2) is 38.0 Å². The van der Waals surface area contributed by atoms with E-state index >= 15 is 0 Å². The van der Waals surface area contributed by atoms with E-state index in [9.17, 15) is 4.79 Å². The van der Waals surface area contributed by atoms with E-state index in [1.165, 1.54) is 38.4 Å². The monoisotopic (exact) mass is 420 g/mol. The van der Waals surface area contributed by atoms with Crippen molar-refractivity contribution in [2.75, 3.05) is 20.1 Å². The minimum absolute atomic E-state index is 0. The summed E-state index contributed by atoms with van der Waals surface area (Å²) in [6, 6.07) is 3.86. The van der Waals surface area contributed by atoms with E-state index in [0.29, 0.717) is 24.9 Å². The Morgan fingerprint density at radius 1 is 1.27 bits per heavy atom. The molecule has 124 valence electrons. The van der Waals surface area contributed by atoms with Crippen LogP contribution in [0.1, 0.15) is 42.7 Å². The second kappa shape index (κ2) is 10.5. The van der Waals surface area contributed by atoms with Gasteiger partial charge in [0.15, 0.2) is 11.7 Å². The average Bonchev–Trinajstić information content (AvgIpc) is 3.05. The van der Waals surface area contributed by atoms with Crippen molar-refractivity contribution in [2.24, 2.45) is 4.99 Å². The van der Waals surface area contributed by atoms with E-state index in [1.54, 1.807) is 19.2 Å². The van der Waals surface area contributed by atoms with E-state index < -0.39 is 0 Å². The highest BCUT2D eigenvalue weighted by Gasteiger charge is 2.14. The number of furan rings is 1. The molecule has 0 aromatic carbocycles. The first-order valence-corrected chi connectivity index (χ1v) is 7.58. The van der Waals surface area contributed by atoms with Crippen LogP contribution < -0.4 is 16.0 Å². The van der Waals surface area contributed by atoms with Crippen LogP contribution in [0.5, 0.6) is 0 Å². The number of halogens is 1. The molecule has 0 bridgehead atoms. The van der Waals surface area contributed by atoms with Gasteiger partial charge in [-0.05, 0) is 25.0 Å². The zero-order valence-electron chi connectivity index (χ0n) is 12.9. The van der Waals surface area contributed by atoms with Gasteiger partial charge in [-0.25, -0.2) is 0 Å². The third kappa shape index (κ3) is 6.25. The molecular weight excluding hydrogens is 395 g/mol. The predicted molar refractivity (Wildman–Crippen MR) is 97.8 cm³/mol. The van der Waals surface area contributed by atoms with E-state index in [4.69, 9.17) is 4.42 Å². The van der Waals surface area contributed by atoms with Gasteiger partial charge >= 0.3 is 0 Å². The normalized spacial score (nSPS) is 15.8. The van der Waals surface area contributed by atoms with Crippen molar-refractivity contribution in [3.05, 3.63) is 24.2 Å². The van der Waals surface area contributed by atoms with E-state index in [1.807, 2.05) is 0 Å². The summed E-state index contributed by atoms with van der Waals surface area (Å²) in [5.74, 6) is 0.936. The fraction of sp³-hybridized carbons (Fsp3) is 0.600. The quantitative estimate of drug-likeness (QED) is 0.295. The smallest absolute Gasteiger partial charge is 0.287 e. The van der Waals surface area contributed by atoms with Crippen LogP contribution in [0.15, 0.2) is 27.8 Å². The lowest BCUT2D eigenvalue weighted by Crippen LogP contribution is -2.46. The second-order valence-corrected chi connectivity index (χ2v) is 5.21. The largest absolute Gasteiger partial charge is 0.459 e. The van der Waals surface area contributed by atoms with Gasteiger partial charge in [-0.15, -0.1) is 24.0 Å². The Hall–Kier alpha value is -1.25.